The highest BCUT2D eigenvalue weighted by atomic mass is 79.9. The minimum Gasteiger partial charge on any atom is -0.483 e. The summed E-state index contributed by atoms with van der Waals surface area (Å²) in [5.74, 6) is 1.51. The number of ether oxygens (including phenoxy) is 1. The van der Waals surface area contributed by atoms with Crippen LogP contribution in [0.25, 0.3) is 0 Å². The van der Waals surface area contributed by atoms with E-state index in [9.17, 15) is 0 Å². The van der Waals surface area contributed by atoms with Crippen LogP contribution in [0.15, 0.2) is 29.3 Å². The fraction of sp³-hybridized carbons (Fsp3) is 0.300. The summed E-state index contributed by atoms with van der Waals surface area (Å²) in [5, 5.41) is 4.07. The van der Waals surface area contributed by atoms with Crippen LogP contribution in [0.4, 0.5) is 0 Å². The van der Waals surface area contributed by atoms with E-state index in [1.807, 2.05) is 19.1 Å². The summed E-state index contributed by atoms with van der Waals surface area (Å²) < 4.78 is 8.08. The van der Waals surface area contributed by atoms with Crippen molar-refractivity contribution in [2.24, 2.45) is 0 Å². The van der Waals surface area contributed by atoms with E-state index in [4.69, 9.17) is 4.74 Å². The van der Waals surface area contributed by atoms with Crippen LogP contribution in [0, 0.1) is 0 Å². The van der Waals surface area contributed by atoms with Crippen LogP contribution in [-0.4, -0.2) is 19.7 Å². The molecule has 0 aliphatic rings. The Morgan fingerprint density at radius 3 is 3.06 bits per heavy atom. The van der Waals surface area contributed by atoms with Crippen LogP contribution in [0.1, 0.15) is 12.7 Å². The largest absolute Gasteiger partial charge is 0.483 e. The summed E-state index contributed by atoms with van der Waals surface area (Å²) >= 11 is 3.32. The van der Waals surface area contributed by atoms with Crippen LogP contribution in [-0.2, 0) is 13.2 Å². The van der Waals surface area contributed by atoms with Gasteiger partial charge in [-0.25, -0.2) is 14.6 Å². The molecular formula is C10H11BrN4O. The van der Waals surface area contributed by atoms with Crippen LogP contribution < -0.4 is 4.74 Å². The molecule has 0 saturated heterocycles. The molecule has 6 heteroatoms. The number of hydrogen-bond acceptors (Lipinski definition) is 4. The third kappa shape index (κ3) is 2.38. The van der Waals surface area contributed by atoms with Gasteiger partial charge >= 0.3 is 0 Å². The van der Waals surface area contributed by atoms with E-state index in [2.05, 4.69) is 31.0 Å². The van der Waals surface area contributed by atoms with Gasteiger partial charge in [-0.3, -0.25) is 0 Å². The van der Waals surface area contributed by atoms with E-state index in [1.165, 1.54) is 6.33 Å². The highest BCUT2D eigenvalue weighted by Gasteiger charge is 2.05. The topological polar surface area (TPSA) is 52.8 Å². The second kappa shape index (κ2) is 5.07. The molecule has 0 aromatic carbocycles. The first-order chi connectivity index (χ1) is 7.81. The first kappa shape index (κ1) is 11.1. The maximum absolute atomic E-state index is 5.59. The smallest absolute Gasteiger partial charge is 0.164 e. The molecule has 5 nitrogen and oxygen atoms in total. The molecule has 0 amide bonds. The van der Waals surface area contributed by atoms with Gasteiger partial charge in [0.15, 0.2) is 11.6 Å². The van der Waals surface area contributed by atoms with Crippen molar-refractivity contribution in [2.75, 3.05) is 0 Å². The summed E-state index contributed by atoms with van der Waals surface area (Å²) in [4.78, 5) is 8.19. The molecule has 0 fully saturated rings. The molecule has 0 aliphatic carbocycles. The molecule has 0 atom stereocenters. The number of rotatable bonds is 4. The average molecular weight is 283 g/mol. The minimum absolute atomic E-state index is 0.387. The second-order valence-electron chi connectivity index (χ2n) is 3.07. The van der Waals surface area contributed by atoms with Crippen molar-refractivity contribution in [3.05, 3.63) is 35.1 Å². The fourth-order valence-electron chi connectivity index (χ4n) is 1.29. The van der Waals surface area contributed by atoms with Crippen molar-refractivity contribution >= 4 is 15.9 Å². The van der Waals surface area contributed by atoms with Gasteiger partial charge in [-0.15, -0.1) is 0 Å². The zero-order valence-electron chi connectivity index (χ0n) is 8.80. The van der Waals surface area contributed by atoms with E-state index in [1.54, 1.807) is 10.9 Å². The Bertz CT molecular complexity index is 471. The normalized spacial score (nSPS) is 10.4. The predicted octanol–water partition coefficient (Wildman–Crippen LogP) is 2.03. The fourth-order valence-corrected chi connectivity index (χ4v) is 1.65. The summed E-state index contributed by atoms with van der Waals surface area (Å²) in [5.41, 5.74) is 0. The van der Waals surface area contributed by atoms with Gasteiger partial charge in [0.05, 0.1) is 0 Å². The lowest BCUT2D eigenvalue weighted by atomic mass is 10.5. The van der Waals surface area contributed by atoms with Gasteiger partial charge < -0.3 is 4.74 Å². The van der Waals surface area contributed by atoms with Gasteiger partial charge in [-0.05, 0) is 35.0 Å². The van der Waals surface area contributed by atoms with Crippen molar-refractivity contribution in [3.8, 4) is 5.75 Å². The van der Waals surface area contributed by atoms with Gasteiger partial charge in [-0.1, -0.05) is 0 Å². The van der Waals surface area contributed by atoms with Gasteiger partial charge in [0.25, 0.3) is 0 Å². The number of pyridine rings is 1. The van der Waals surface area contributed by atoms with Crippen molar-refractivity contribution in [3.63, 3.8) is 0 Å². The van der Waals surface area contributed by atoms with E-state index < -0.39 is 0 Å². The molecule has 2 aromatic rings. The maximum Gasteiger partial charge on any atom is 0.164 e. The quantitative estimate of drug-likeness (QED) is 0.806. The number of halogens is 1. The van der Waals surface area contributed by atoms with Gasteiger partial charge in [0.1, 0.15) is 17.5 Å². The summed E-state index contributed by atoms with van der Waals surface area (Å²) in [6.07, 6.45) is 3.23. The Hall–Kier alpha value is -1.43. The Morgan fingerprint density at radius 1 is 1.44 bits per heavy atom. The van der Waals surface area contributed by atoms with Gasteiger partial charge in [-0.2, -0.15) is 5.10 Å². The van der Waals surface area contributed by atoms with Crippen molar-refractivity contribution in [2.45, 2.75) is 20.1 Å². The average Bonchev–Trinajstić information content (AvgIpc) is 2.75. The Morgan fingerprint density at radius 2 is 2.31 bits per heavy atom. The molecule has 2 aromatic heterocycles. The lowest BCUT2D eigenvalue weighted by Crippen LogP contribution is -2.07. The lowest BCUT2D eigenvalue weighted by Gasteiger charge is -2.07. The second-order valence-corrected chi connectivity index (χ2v) is 3.82. The summed E-state index contributed by atoms with van der Waals surface area (Å²) in [7, 11) is 0. The minimum atomic E-state index is 0.387. The van der Waals surface area contributed by atoms with E-state index in [0.29, 0.717) is 17.0 Å². The van der Waals surface area contributed by atoms with Crippen LogP contribution in [0.5, 0.6) is 5.75 Å². The maximum atomic E-state index is 5.59. The number of aryl methyl sites for hydroxylation is 1. The highest BCUT2D eigenvalue weighted by molar-refractivity contribution is 9.10. The Balaban J connectivity index is 2.05. The third-order valence-corrected chi connectivity index (χ3v) is 2.67. The van der Waals surface area contributed by atoms with E-state index >= 15 is 0 Å². The van der Waals surface area contributed by atoms with Crippen LogP contribution >= 0.6 is 15.9 Å². The van der Waals surface area contributed by atoms with Crippen LogP contribution in [0.2, 0.25) is 0 Å². The SMILES string of the molecule is CCn1ncnc1COc1cccnc1Br. The highest BCUT2D eigenvalue weighted by Crippen LogP contribution is 2.21. The monoisotopic (exact) mass is 282 g/mol. The summed E-state index contributed by atoms with van der Waals surface area (Å²) in [6.45, 7) is 3.18. The molecular weight excluding hydrogens is 272 g/mol. The molecule has 0 spiro atoms. The molecule has 0 radical (unpaired) electrons. The molecule has 2 rings (SSSR count). The molecule has 0 unspecified atom stereocenters. The number of aromatic nitrogens is 4. The first-order valence-electron chi connectivity index (χ1n) is 4.91. The molecule has 84 valence electrons. The van der Waals surface area contributed by atoms with Crippen LogP contribution in [0.3, 0.4) is 0 Å². The zero-order chi connectivity index (χ0) is 11.4. The summed E-state index contributed by atoms with van der Waals surface area (Å²) in [6, 6.07) is 3.67. The molecule has 0 saturated carbocycles. The number of nitrogens with zero attached hydrogens (tertiary/aromatic N) is 4. The predicted molar refractivity (Wildman–Crippen MR) is 62.0 cm³/mol. The molecule has 0 N–H and O–H groups in total. The standard InChI is InChI=1S/C10H11BrN4O/c1-2-15-9(13-7-14-15)6-16-8-4-3-5-12-10(8)11/h3-5,7H,2,6H2,1H3. The van der Waals surface area contributed by atoms with E-state index in [0.717, 1.165) is 12.4 Å². The van der Waals surface area contributed by atoms with Crippen molar-refractivity contribution in [1.29, 1.82) is 0 Å². The Labute approximate surface area is 102 Å². The third-order valence-electron chi connectivity index (χ3n) is 2.08. The number of hydrogen-bond donors (Lipinski definition) is 0. The molecule has 0 aliphatic heterocycles. The zero-order valence-corrected chi connectivity index (χ0v) is 10.4. The van der Waals surface area contributed by atoms with Crippen molar-refractivity contribution in [1.82, 2.24) is 19.7 Å². The Kier molecular flexibility index (Phi) is 3.51. The van der Waals surface area contributed by atoms with Crippen molar-refractivity contribution < 1.29 is 4.74 Å². The molecule has 2 heterocycles. The molecule has 16 heavy (non-hydrogen) atoms. The van der Waals surface area contributed by atoms with Gasteiger partial charge in [0, 0.05) is 12.7 Å². The lowest BCUT2D eigenvalue weighted by molar-refractivity contribution is 0.284. The van der Waals surface area contributed by atoms with Gasteiger partial charge in [0.2, 0.25) is 0 Å². The molecule has 0 bridgehead atoms. The first-order valence-corrected chi connectivity index (χ1v) is 5.70. The van der Waals surface area contributed by atoms with E-state index in [-0.39, 0.29) is 0 Å².